The van der Waals surface area contributed by atoms with Gasteiger partial charge in [0, 0.05) is 13.1 Å². The number of ether oxygens (including phenoxy) is 2. The molecule has 0 atom stereocenters. The number of anilines is 1. The third-order valence-corrected chi connectivity index (χ3v) is 2.27. The summed E-state index contributed by atoms with van der Waals surface area (Å²) >= 11 is 0. The highest BCUT2D eigenvalue weighted by atomic mass is 16.5. The number of urea groups is 1. The number of carbonyl (C=O) groups excluding carboxylic acids is 1. The van der Waals surface area contributed by atoms with E-state index >= 15 is 0 Å². The fourth-order valence-electron chi connectivity index (χ4n) is 1.31. The molecule has 2 amide bonds. The van der Waals surface area contributed by atoms with Crippen LogP contribution in [0.2, 0.25) is 0 Å². The monoisotopic (exact) mass is 253 g/mol. The van der Waals surface area contributed by atoms with Crippen molar-refractivity contribution in [1.29, 1.82) is 0 Å². The van der Waals surface area contributed by atoms with Crippen LogP contribution in [0.4, 0.5) is 10.5 Å². The van der Waals surface area contributed by atoms with Crippen LogP contribution in [0, 0.1) is 0 Å². The molecule has 0 aliphatic heterocycles. The van der Waals surface area contributed by atoms with Crippen LogP contribution in [0.1, 0.15) is 6.42 Å². The lowest BCUT2D eigenvalue weighted by Crippen LogP contribution is -2.24. The minimum atomic E-state index is -0.313. The largest absolute Gasteiger partial charge is 0.497 e. The van der Waals surface area contributed by atoms with E-state index < -0.39 is 0 Å². The van der Waals surface area contributed by atoms with Crippen molar-refractivity contribution in [2.24, 2.45) is 5.73 Å². The number of amides is 2. The molecular weight excluding hydrogens is 234 g/mol. The number of benzene rings is 1. The Balaban J connectivity index is 2.82. The lowest BCUT2D eigenvalue weighted by Gasteiger charge is -2.13. The van der Waals surface area contributed by atoms with Gasteiger partial charge in [-0.1, -0.05) is 0 Å². The fourth-order valence-corrected chi connectivity index (χ4v) is 1.31. The van der Waals surface area contributed by atoms with E-state index in [1.807, 2.05) is 0 Å². The molecule has 18 heavy (non-hydrogen) atoms. The van der Waals surface area contributed by atoms with Crippen molar-refractivity contribution < 1.29 is 14.3 Å². The molecule has 1 aromatic carbocycles. The zero-order valence-corrected chi connectivity index (χ0v) is 10.7. The van der Waals surface area contributed by atoms with Crippen LogP contribution in [-0.2, 0) is 0 Å². The predicted octanol–water partition coefficient (Wildman–Crippen LogP) is 1.17. The first kappa shape index (κ1) is 14.1. The Labute approximate surface area is 106 Å². The third kappa shape index (κ3) is 4.14. The van der Waals surface area contributed by atoms with Crippen LogP contribution < -0.4 is 25.8 Å². The number of rotatable bonds is 6. The molecule has 0 fully saturated rings. The molecule has 0 radical (unpaired) electrons. The van der Waals surface area contributed by atoms with Gasteiger partial charge in [0.05, 0.1) is 19.4 Å². The van der Waals surface area contributed by atoms with Crippen LogP contribution >= 0.6 is 0 Å². The van der Waals surface area contributed by atoms with Gasteiger partial charge in [-0.15, -0.1) is 0 Å². The van der Waals surface area contributed by atoms with Crippen LogP contribution in [-0.4, -0.2) is 33.3 Å². The maximum atomic E-state index is 11.3. The fraction of sp³-hybridized carbons (Fsp3) is 0.417. The molecule has 0 aliphatic carbocycles. The summed E-state index contributed by atoms with van der Waals surface area (Å²) in [5.74, 6) is 1.24. The number of nitrogens with two attached hydrogens (primary N) is 1. The highest BCUT2D eigenvalue weighted by Gasteiger charge is 2.08. The summed E-state index contributed by atoms with van der Waals surface area (Å²) in [5, 5.41) is 5.15. The van der Waals surface area contributed by atoms with Crippen molar-refractivity contribution in [2.75, 3.05) is 32.6 Å². The lowest BCUT2D eigenvalue weighted by atomic mass is 10.2. The van der Waals surface area contributed by atoms with Gasteiger partial charge in [0.25, 0.3) is 0 Å². The molecule has 1 aromatic rings. The molecule has 0 saturated carbocycles. The van der Waals surface area contributed by atoms with E-state index in [0.29, 0.717) is 30.3 Å². The molecule has 0 aromatic heterocycles. The normalized spacial score (nSPS) is 9.72. The van der Waals surface area contributed by atoms with E-state index in [-0.39, 0.29) is 6.03 Å². The van der Waals surface area contributed by atoms with E-state index in [1.165, 1.54) is 0 Å². The van der Waals surface area contributed by atoms with E-state index in [2.05, 4.69) is 10.6 Å². The van der Waals surface area contributed by atoms with Crippen molar-refractivity contribution in [3.05, 3.63) is 18.2 Å². The standard InChI is InChI=1S/C12H19N3O3/c1-14-12(16)15-10-8-9(17-2)4-5-11(10)18-7-3-6-13/h4-5,8H,3,6-7,13H2,1-2H3,(H2,14,15,16). The summed E-state index contributed by atoms with van der Waals surface area (Å²) in [5.41, 5.74) is 5.96. The second-order valence-electron chi connectivity index (χ2n) is 3.56. The lowest BCUT2D eigenvalue weighted by molar-refractivity contribution is 0.253. The Morgan fingerprint density at radius 1 is 1.44 bits per heavy atom. The van der Waals surface area contributed by atoms with Gasteiger partial charge in [0.1, 0.15) is 11.5 Å². The maximum absolute atomic E-state index is 11.3. The Hall–Kier alpha value is -1.95. The second kappa shape index (κ2) is 7.39. The molecule has 0 bridgehead atoms. The van der Waals surface area contributed by atoms with Crippen LogP contribution in [0.15, 0.2) is 18.2 Å². The molecule has 0 spiro atoms. The van der Waals surface area contributed by atoms with E-state index in [9.17, 15) is 4.79 Å². The zero-order valence-electron chi connectivity index (χ0n) is 10.7. The molecule has 6 heteroatoms. The smallest absolute Gasteiger partial charge is 0.319 e. The topological polar surface area (TPSA) is 85.6 Å². The van der Waals surface area contributed by atoms with Crippen molar-refractivity contribution in [2.45, 2.75) is 6.42 Å². The van der Waals surface area contributed by atoms with E-state index in [0.717, 1.165) is 6.42 Å². The molecular formula is C12H19N3O3. The van der Waals surface area contributed by atoms with Crippen molar-refractivity contribution >= 4 is 11.7 Å². The van der Waals surface area contributed by atoms with Crippen molar-refractivity contribution in [1.82, 2.24) is 5.32 Å². The van der Waals surface area contributed by atoms with Crippen LogP contribution in [0.25, 0.3) is 0 Å². The van der Waals surface area contributed by atoms with Gasteiger partial charge in [-0.05, 0) is 25.1 Å². The molecule has 6 nitrogen and oxygen atoms in total. The summed E-state index contributed by atoms with van der Waals surface area (Å²) in [7, 11) is 3.11. The number of methoxy groups -OCH3 is 1. The molecule has 0 saturated heterocycles. The highest BCUT2D eigenvalue weighted by Crippen LogP contribution is 2.29. The summed E-state index contributed by atoms with van der Waals surface area (Å²) in [6.07, 6.45) is 0.755. The number of carbonyl (C=O) groups is 1. The molecule has 100 valence electrons. The Morgan fingerprint density at radius 3 is 2.83 bits per heavy atom. The Morgan fingerprint density at radius 2 is 2.22 bits per heavy atom. The van der Waals surface area contributed by atoms with Gasteiger partial charge in [-0.3, -0.25) is 0 Å². The van der Waals surface area contributed by atoms with Crippen LogP contribution in [0.3, 0.4) is 0 Å². The van der Waals surface area contributed by atoms with Crippen molar-refractivity contribution in [3.8, 4) is 11.5 Å². The summed E-state index contributed by atoms with van der Waals surface area (Å²) < 4.78 is 10.6. The average molecular weight is 253 g/mol. The minimum Gasteiger partial charge on any atom is -0.497 e. The second-order valence-corrected chi connectivity index (χ2v) is 3.56. The zero-order chi connectivity index (χ0) is 13.4. The quantitative estimate of drug-likeness (QED) is 0.664. The van der Waals surface area contributed by atoms with Gasteiger partial charge in [0.2, 0.25) is 0 Å². The first-order valence-electron chi connectivity index (χ1n) is 5.71. The Kier molecular flexibility index (Phi) is 5.79. The maximum Gasteiger partial charge on any atom is 0.319 e. The summed E-state index contributed by atoms with van der Waals surface area (Å²) in [6.45, 7) is 1.07. The predicted molar refractivity (Wildman–Crippen MR) is 70.2 cm³/mol. The minimum absolute atomic E-state index is 0.313. The van der Waals surface area contributed by atoms with E-state index in [1.54, 1.807) is 32.4 Å². The van der Waals surface area contributed by atoms with E-state index in [4.69, 9.17) is 15.2 Å². The van der Waals surface area contributed by atoms with Gasteiger partial charge < -0.3 is 25.8 Å². The Bertz CT molecular complexity index is 396. The summed E-state index contributed by atoms with van der Waals surface area (Å²) in [4.78, 5) is 11.3. The highest BCUT2D eigenvalue weighted by molar-refractivity contribution is 5.91. The SMILES string of the molecule is CNC(=O)Nc1cc(OC)ccc1OCCCN. The third-order valence-electron chi connectivity index (χ3n) is 2.27. The summed E-state index contributed by atoms with van der Waals surface area (Å²) in [6, 6.07) is 4.91. The van der Waals surface area contributed by atoms with Crippen LogP contribution in [0.5, 0.6) is 11.5 Å². The van der Waals surface area contributed by atoms with Gasteiger partial charge in [0.15, 0.2) is 0 Å². The number of hydrogen-bond acceptors (Lipinski definition) is 4. The number of hydrogen-bond donors (Lipinski definition) is 3. The average Bonchev–Trinajstić information content (AvgIpc) is 2.40. The molecule has 4 N–H and O–H groups in total. The molecule has 1 rings (SSSR count). The first-order valence-corrected chi connectivity index (χ1v) is 5.71. The number of nitrogens with one attached hydrogen (secondary N) is 2. The first-order chi connectivity index (χ1) is 8.71. The van der Waals surface area contributed by atoms with Gasteiger partial charge in [-0.2, -0.15) is 0 Å². The molecule has 0 heterocycles. The van der Waals surface area contributed by atoms with Gasteiger partial charge >= 0.3 is 6.03 Å². The molecule has 0 aliphatic rings. The molecule has 0 unspecified atom stereocenters. The van der Waals surface area contributed by atoms with Crippen molar-refractivity contribution in [3.63, 3.8) is 0 Å². The van der Waals surface area contributed by atoms with Gasteiger partial charge in [-0.25, -0.2) is 4.79 Å².